The highest BCUT2D eigenvalue weighted by molar-refractivity contribution is 6.33. The third kappa shape index (κ3) is 6.77. The predicted molar refractivity (Wildman–Crippen MR) is 122 cm³/mol. The van der Waals surface area contributed by atoms with Crippen molar-refractivity contribution in [3.05, 3.63) is 46.7 Å². The minimum Gasteiger partial charge on any atom is -0.480 e. The maximum absolute atomic E-state index is 12.8. The molecule has 0 radical (unpaired) electrons. The van der Waals surface area contributed by atoms with Gasteiger partial charge in [0.2, 0.25) is 5.88 Å². The molecule has 178 valence electrons. The monoisotopic (exact) mass is 477 g/mol. The van der Waals surface area contributed by atoms with E-state index in [0.29, 0.717) is 25.9 Å². The molecule has 0 aliphatic carbocycles. The first-order chi connectivity index (χ1) is 15.9. The van der Waals surface area contributed by atoms with E-state index in [1.807, 2.05) is 23.1 Å². The third-order valence-electron chi connectivity index (χ3n) is 5.37. The Morgan fingerprint density at radius 1 is 1.33 bits per heavy atom. The number of rotatable bonds is 9. The number of methoxy groups -OCH3 is 2. The molecule has 1 aliphatic heterocycles. The smallest absolute Gasteiger partial charge is 0.320 e. The summed E-state index contributed by atoms with van der Waals surface area (Å²) in [7, 11) is 2.97. The summed E-state index contributed by atoms with van der Waals surface area (Å²) in [5.74, 6) is -0.527. The summed E-state index contributed by atoms with van der Waals surface area (Å²) < 4.78 is 16.1. The van der Waals surface area contributed by atoms with Crippen LogP contribution in [0.5, 0.6) is 5.88 Å². The second kappa shape index (κ2) is 11.8. The van der Waals surface area contributed by atoms with Crippen LogP contribution >= 0.6 is 11.6 Å². The first-order valence-electron chi connectivity index (χ1n) is 10.5. The number of ether oxygens (including phenoxy) is 3. The summed E-state index contributed by atoms with van der Waals surface area (Å²) in [5.41, 5.74) is 6.74. The zero-order valence-corrected chi connectivity index (χ0v) is 19.4. The number of carbonyl (C=O) groups is 2. The average Bonchev–Trinajstić information content (AvgIpc) is 2.82. The molecule has 0 unspecified atom stereocenters. The highest BCUT2D eigenvalue weighted by Crippen LogP contribution is 2.25. The number of halogens is 1. The Hall–Kier alpha value is -2.95. The Morgan fingerprint density at radius 2 is 2.15 bits per heavy atom. The van der Waals surface area contributed by atoms with Crippen molar-refractivity contribution in [1.29, 1.82) is 0 Å². The molecule has 2 atom stereocenters. The molecule has 3 heterocycles. The fourth-order valence-corrected chi connectivity index (χ4v) is 3.77. The number of aromatic nitrogens is 2. The van der Waals surface area contributed by atoms with Gasteiger partial charge < -0.3 is 25.3 Å². The van der Waals surface area contributed by atoms with Gasteiger partial charge in [0.25, 0.3) is 5.91 Å². The van der Waals surface area contributed by atoms with Gasteiger partial charge in [-0.3, -0.25) is 19.5 Å². The van der Waals surface area contributed by atoms with Crippen molar-refractivity contribution in [2.24, 2.45) is 0 Å². The predicted octanol–water partition coefficient (Wildman–Crippen LogP) is 1.33. The zero-order chi connectivity index (χ0) is 23.8. The summed E-state index contributed by atoms with van der Waals surface area (Å²) in [4.78, 5) is 35.2. The Labute approximate surface area is 197 Å². The molecule has 10 nitrogen and oxygen atoms in total. The highest BCUT2D eigenvalue weighted by Gasteiger charge is 2.32. The van der Waals surface area contributed by atoms with Crippen LogP contribution in [0.25, 0.3) is 0 Å². The van der Waals surface area contributed by atoms with Crippen molar-refractivity contribution < 1.29 is 23.8 Å². The van der Waals surface area contributed by atoms with Crippen molar-refractivity contribution in [3.63, 3.8) is 0 Å². The second-order valence-corrected chi connectivity index (χ2v) is 7.99. The number of likely N-dealkylation sites (tertiary alicyclic amines) is 1. The molecular formula is C22H28ClN5O5. The molecule has 0 bridgehead atoms. The molecule has 2 aromatic heterocycles. The van der Waals surface area contributed by atoms with Crippen LogP contribution in [0.1, 0.15) is 22.5 Å². The molecule has 1 fully saturated rings. The number of nitrogen functional groups attached to an aromatic ring is 1. The van der Waals surface area contributed by atoms with Crippen molar-refractivity contribution in [2.75, 3.05) is 46.2 Å². The summed E-state index contributed by atoms with van der Waals surface area (Å²) in [6, 6.07) is 6.79. The molecule has 1 aliphatic rings. The van der Waals surface area contributed by atoms with Crippen molar-refractivity contribution >= 4 is 29.3 Å². The molecule has 0 spiro atoms. The summed E-state index contributed by atoms with van der Waals surface area (Å²) in [6.07, 6.45) is 2.55. The molecule has 1 saturated heterocycles. The number of amides is 1. The number of anilines is 1. The summed E-state index contributed by atoms with van der Waals surface area (Å²) in [6.45, 7) is 1.48. The van der Waals surface area contributed by atoms with Crippen LogP contribution in [-0.4, -0.2) is 79.4 Å². The van der Waals surface area contributed by atoms with Gasteiger partial charge in [0.1, 0.15) is 11.4 Å². The van der Waals surface area contributed by atoms with Crippen LogP contribution in [0.3, 0.4) is 0 Å². The number of carbonyl (C=O) groups excluding carboxylic acids is 2. The minimum atomic E-state index is -0.393. The normalized spacial score (nSPS) is 18.5. The number of pyridine rings is 2. The first-order valence-corrected chi connectivity index (χ1v) is 10.9. The van der Waals surface area contributed by atoms with Gasteiger partial charge in [-0.25, -0.2) is 0 Å². The van der Waals surface area contributed by atoms with Gasteiger partial charge in [-0.05, 0) is 24.6 Å². The van der Waals surface area contributed by atoms with Crippen LogP contribution < -0.4 is 15.8 Å². The molecule has 3 N–H and O–H groups in total. The lowest BCUT2D eigenvalue weighted by atomic mass is 10.0. The highest BCUT2D eigenvalue weighted by atomic mass is 35.5. The standard InChI is InChI=1S/C22H28ClN5O5/c1-31-18-12-28(13-19(29)33-10-7-14-5-3-4-8-25-14)9-6-17(18)26-21(30)15-11-16(23)20(24)27-22(15)32-2/h3-5,8,11,17-18H,6-7,9-10,12-13H2,1-2H3,(H2,24,27)(H,26,30)/t17-,18+/m0/s1. The lowest BCUT2D eigenvalue weighted by molar-refractivity contribution is -0.145. The molecule has 2 aromatic rings. The zero-order valence-electron chi connectivity index (χ0n) is 18.6. The minimum absolute atomic E-state index is 0.0834. The van der Waals surface area contributed by atoms with E-state index in [2.05, 4.69) is 15.3 Å². The number of nitrogens with two attached hydrogens (primary N) is 1. The molecule has 3 rings (SSSR count). The van der Waals surface area contributed by atoms with Crippen molar-refractivity contribution in [2.45, 2.75) is 25.0 Å². The first kappa shape index (κ1) is 24.7. The molecule has 0 saturated carbocycles. The van der Waals surface area contributed by atoms with E-state index >= 15 is 0 Å². The maximum Gasteiger partial charge on any atom is 0.320 e. The van der Waals surface area contributed by atoms with Crippen LogP contribution in [0, 0.1) is 0 Å². The van der Waals surface area contributed by atoms with E-state index in [-0.39, 0.29) is 53.6 Å². The van der Waals surface area contributed by atoms with Gasteiger partial charge in [-0.1, -0.05) is 17.7 Å². The lowest BCUT2D eigenvalue weighted by Gasteiger charge is -2.37. The van der Waals surface area contributed by atoms with Crippen LogP contribution in [-0.2, 0) is 20.7 Å². The van der Waals surface area contributed by atoms with Crippen LogP contribution in [0.15, 0.2) is 30.5 Å². The van der Waals surface area contributed by atoms with E-state index in [9.17, 15) is 9.59 Å². The Morgan fingerprint density at radius 3 is 2.85 bits per heavy atom. The fourth-order valence-electron chi connectivity index (χ4n) is 3.62. The number of esters is 1. The van der Waals surface area contributed by atoms with E-state index in [0.717, 1.165) is 5.69 Å². The van der Waals surface area contributed by atoms with Gasteiger partial charge in [0.05, 0.1) is 37.4 Å². The molecular weight excluding hydrogens is 450 g/mol. The topological polar surface area (TPSA) is 129 Å². The number of hydrogen-bond acceptors (Lipinski definition) is 9. The van der Waals surface area contributed by atoms with E-state index in [1.54, 1.807) is 13.3 Å². The van der Waals surface area contributed by atoms with E-state index in [4.69, 9.17) is 31.5 Å². The Bertz CT molecular complexity index is 962. The Balaban J connectivity index is 1.50. The number of nitrogens with one attached hydrogen (secondary N) is 1. The lowest BCUT2D eigenvalue weighted by Crippen LogP contribution is -2.55. The Kier molecular flexibility index (Phi) is 8.81. The maximum atomic E-state index is 12.8. The fraction of sp³-hybridized carbons (Fsp3) is 0.455. The van der Waals surface area contributed by atoms with Crippen molar-refractivity contribution in [1.82, 2.24) is 20.2 Å². The summed E-state index contributed by atoms with van der Waals surface area (Å²) >= 11 is 6.02. The van der Waals surface area contributed by atoms with Gasteiger partial charge in [0.15, 0.2) is 0 Å². The largest absolute Gasteiger partial charge is 0.480 e. The SMILES string of the molecule is COc1nc(N)c(Cl)cc1C(=O)N[C@H]1CCN(CC(=O)OCCc2ccccn2)C[C@H]1OC. The van der Waals surface area contributed by atoms with Gasteiger partial charge in [-0.2, -0.15) is 4.98 Å². The average molecular weight is 478 g/mol. The van der Waals surface area contributed by atoms with Gasteiger partial charge in [-0.15, -0.1) is 0 Å². The van der Waals surface area contributed by atoms with E-state index < -0.39 is 5.91 Å². The number of piperidine rings is 1. The number of nitrogens with zero attached hydrogens (tertiary/aromatic N) is 3. The molecule has 33 heavy (non-hydrogen) atoms. The third-order valence-corrected chi connectivity index (χ3v) is 5.67. The van der Waals surface area contributed by atoms with Crippen molar-refractivity contribution in [3.8, 4) is 5.88 Å². The number of hydrogen-bond donors (Lipinski definition) is 2. The summed E-state index contributed by atoms with van der Waals surface area (Å²) in [5, 5.41) is 3.12. The van der Waals surface area contributed by atoms with Crippen LogP contribution in [0.4, 0.5) is 5.82 Å². The van der Waals surface area contributed by atoms with Crippen LogP contribution in [0.2, 0.25) is 5.02 Å². The van der Waals surface area contributed by atoms with E-state index in [1.165, 1.54) is 13.2 Å². The molecule has 11 heteroatoms. The quantitative estimate of drug-likeness (QED) is 0.513. The second-order valence-electron chi connectivity index (χ2n) is 7.58. The van der Waals surface area contributed by atoms with Gasteiger partial charge in [0, 0.05) is 38.5 Å². The molecule has 1 amide bonds. The molecule has 0 aromatic carbocycles. The van der Waals surface area contributed by atoms with Gasteiger partial charge >= 0.3 is 5.97 Å².